The first kappa shape index (κ1) is 16.0. The highest BCUT2D eigenvalue weighted by Gasteiger charge is 2.17. The largest absolute Gasteiger partial charge is 0.373 e. The van der Waals surface area contributed by atoms with E-state index in [0.717, 1.165) is 48.3 Å². The lowest BCUT2D eigenvalue weighted by Gasteiger charge is -2.29. The molecule has 0 aliphatic carbocycles. The van der Waals surface area contributed by atoms with E-state index in [1.807, 2.05) is 7.05 Å². The summed E-state index contributed by atoms with van der Waals surface area (Å²) in [5.41, 5.74) is 1.12. The minimum Gasteiger partial charge on any atom is -0.373 e. The van der Waals surface area contributed by atoms with Gasteiger partial charge < -0.3 is 15.5 Å². The van der Waals surface area contributed by atoms with Crippen molar-refractivity contribution in [3.8, 4) is 0 Å². The smallest absolute Gasteiger partial charge is 0.134 e. The topological polar surface area (TPSA) is 53.1 Å². The van der Waals surface area contributed by atoms with E-state index in [2.05, 4.69) is 41.4 Å². The Morgan fingerprint density at radius 3 is 2.48 bits per heavy atom. The van der Waals surface area contributed by atoms with Crippen LogP contribution in [0.3, 0.4) is 0 Å². The minimum atomic E-state index is 0.753. The van der Waals surface area contributed by atoms with Crippen LogP contribution in [-0.2, 0) is 6.42 Å². The minimum absolute atomic E-state index is 0.753. The van der Waals surface area contributed by atoms with Crippen molar-refractivity contribution in [3.05, 3.63) is 11.4 Å². The Morgan fingerprint density at radius 2 is 1.86 bits per heavy atom. The number of likely N-dealkylation sites (tertiary alicyclic amines) is 1. The van der Waals surface area contributed by atoms with Gasteiger partial charge in [0.05, 0.1) is 0 Å². The van der Waals surface area contributed by atoms with Gasteiger partial charge in [-0.3, -0.25) is 0 Å². The maximum absolute atomic E-state index is 4.70. The molecule has 1 aliphatic heterocycles. The summed E-state index contributed by atoms with van der Waals surface area (Å²) in [6.45, 7) is 7.67. The molecule has 0 radical (unpaired) electrons. The quantitative estimate of drug-likeness (QED) is 0.843. The molecule has 0 spiro atoms. The van der Waals surface area contributed by atoms with E-state index in [9.17, 15) is 0 Å². The lowest BCUT2D eigenvalue weighted by molar-refractivity contribution is 0.226. The molecule has 5 heteroatoms. The third kappa shape index (κ3) is 4.30. The summed E-state index contributed by atoms with van der Waals surface area (Å²) in [7, 11) is 4.13. The summed E-state index contributed by atoms with van der Waals surface area (Å²) < 4.78 is 0. The predicted molar refractivity (Wildman–Crippen MR) is 89.0 cm³/mol. The van der Waals surface area contributed by atoms with E-state index in [4.69, 9.17) is 4.98 Å². The third-order valence-corrected chi connectivity index (χ3v) is 4.30. The molecular formula is C16H29N5. The van der Waals surface area contributed by atoms with Crippen LogP contribution >= 0.6 is 0 Å². The molecule has 1 aromatic heterocycles. The number of hydrogen-bond donors (Lipinski definition) is 2. The highest BCUT2D eigenvalue weighted by Crippen LogP contribution is 2.22. The number of aryl methyl sites for hydroxylation is 1. The molecule has 118 valence electrons. The van der Waals surface area contributed by atoms with Gasteiger partial charge in [0.25, 0.3) is 0 Å². The first-order valence-electron chi connectivity index (χ1n) is 8.11. The molecule has 0 bridgehead atoms. The average Bonchev–Trinajstić information content (AvgIpc) is 2.49. The van der Waals surface area contributed by atoms with Crippen molar-refractivity contribution in [2.75, 3.05) is 44.4 Å². The summed E-state index contributed by atoms with van der Waals surface area (Å²) >= 11 is 0. The fourth-order valence-electron chi connectivity index (χ4n) is 2.82. The van der Waals surface area contributed by atoms with Crippen LogP contribution in [-0.4, -0.2) is 48.6 Å². The highest BCUT2D eigenvalue weighted by atomic mass is 15.1. The number of anilines is 2. The van der Waals surface area contributed by atoms with Crippen LogP contribution in [0.5, 0.6) is 0 Å². The zero-order valence-corrected chi connectivity index (χ0v) is 13.9. The van der Waals surface area contributed by atoms with E-state index in [1.165, 1.54) is 25.9 Å². The van der Waals surface area contributed by atoms with E-state index >= 15 is 0 Å². The summed E-state index contributed by atoms with van der Waals surface area (Å²) in [6, 6.07) is 0. The Balaban J connectivity index is 2.02. The number of aromatic nitrogens is 2. The zero-order chi connectivity index (χ0) is 15.2. The van der Waals surface area contributed by atoms with E-state index in [1.54, 1.807) is 0 Å². The Bertz CT molecular complexity index is 452. The van der Waals surface area contributed by atoms with Crippen molar-refractivity contribution >= 4 is 11.6 Å². The van der Waals surface area contributed by atoms with Crippen molar-refractivity contribution in [2.24, 2.45) is 5.92 Å². The lowest BCUT2D eigenvalue weighted by Crippen LogP contribution is -2.33. The van der Waals surface area contributed by atoms with Gasteiger partial charge in [0.1, 0.15) is 17.5 Å². The summed E-state index contributed by atoms with van der Waals surface area (Å²) in [5, 5.41) is 6.74. The average molecular weight is 291 g/mol. The molecule has 0 amide bonds. The molecule has 5 nitrogen and oxygen atoms in total. The maximum atomic E-state index is 4.70. The van der Waals surface area contributed by atoms with Gasteiger partial charge in [-0.15, -0.1) is 0 Å². The van der Waals surface area contributed by atoms with Gasteiger partial charge >= 0.3 is 0 Å². The normalized spacial score (nSPS) is 17.0. The Hall–Kier alpha value is -1.36. The zero-order valence-electron chi connectivity index (χ0n) is 13.9. The molecule has 1 saturated heterocycles. The SMILES string of the molecule is CCCc1nc(NC)c(C)c(NCC2CCN(C)CC2)n1. The van der Waals surface area contributed by atoms with Gasteiger partial charge in [-0.25, -0.2) is 9.97 Å². The van der Waals surface area contributed by atoms with Crippen molar-refractivity contribution in [2.45, 2.75) is 39.5 Å². The van der Waals surface area contributed by atoms with Gasteiger partial charge in [0.2, 0.25) is 0 Å². The number of nitrogens with one attached hydrogen (secondary N) is 2. The number of nitrogens with zero attached hydrogens (tertiary/aromatic N) is 3. The van der Waals surface area contributed by atoms with Crippen LogP contribution in [0.4, 0.5) is 11.6 Å². The summed E-state index contributed by atoms with van der Waals surface area (Å²) in [5.74, 6) is 3.62. The summed E-state index contributed by atoms with van der Waals surface area (Å²) in [6.07, 6.45) is 4.54. The molecular weight excluding hydrogens is 262 g/mol. The third-order valence-electron chi connectivity index (χ3n) is 4.30. The van der Waals surface area contributed by atoms with Crippen LogP contribution in [0.2, 0.25) is 0 Å². The Kier molecular flexibility index (Phi) is 5.79. The Labute approximate surface area is 128 Å². The molecule has 0 unspecified atom stereocenters. The number of hydrogen-bond acceptors (Lipinski definition) is 5. The second-order valence-electron chi connectivity index (χ2n) is 6.09. The van der Waals surface area contributed by atoms with Crippen LogP contribution in [0.1, 0.15) is 37.6 Å². The molecule has 1 aliphatic rings. The second-order valence-corrected chi connectivity index (χ2v) is 6.09. The van der Waals surface area contributed by atoms with Crippen molar-refractivity contribution in [3.63, 3.8) is 0 Å². The van der Waals surface area contributed by atoms with E-state index in [0.29, 0.717) is 0 Å². The molecule has 2 N–H and O–H groups in total. The second kappa shape index (κ2) is 7.59. The van der Waals surface area contributed by atoms with Gasteiger partial charge in [-0.1, -0.05) is 6.92 Å². The molecule has 1 fully saturated rings. The maximum Gasteiger partial charge on any atom is 0.134 e. The molecule has 1 aromatic rings. The highest BCUT2D eigenvalue weighted by molar-refractivity contribution is 5.57. The molecule has 2 rings (SSSR count). The van der Waals surface area contributed by atoms with Gasteiger partial charge in [0.15, 0.2) is 0 Å². The van der Waals surface area contributed by atoms with Crippen LogP contribution in [0.25, 0.3) is 0 Å². The Morgan fingerprint density at radius 1 is 1.19 bits per heavy atom. The molecule has 0 saturated carbocycles. The van der Waals surface area contributed by atoms with Crippen molar-refractivity contribution in [1.82, 2.24) is 14.9 Å². The summed E-state index contributed by atoms with van der Waals surface area (Å²) in [4.78, 5) is 11.7. The van der Waals surface area contributed by atoms with E-state index < -0.39 is 0 Å². The molecule has 0 atom stereocenters. The van der Waals surface area contributed by atoms with Gasteiger partial charge in [0, 0.05) is 25.6 Å². The van der Waals surface area contributed by atoms with Crippen LogP contribution in [0.15, 0.2) is 0 Å². The standard InChI is InChI=1S/C16H29N5/c1-5-6-14-19-15(17-3)12(2)16(20-14)18-11-13-7-9-21(4)10-8-13/h13H,5-11H2,1-4H3,(H2,17,18,19,20). The first-order valence-corrected chi connectivity index (χ1v) is 8.11. The van der Waals surface area contributed by atoms with Crippen LogP contribution in [0, 0.1) is 12.8 Å². The molecule has 2 heterocycles. The fraction of sp³-hybridized carbons (Fsp3) is 0.750. The monoisotopic (exact) mass is 291 g/mol. The first-order chi connectivity index (χ1) is 10.1. The predicted octanol–water partition coefficient (Wildman–Crippen LogP) is 2.53. The van der Waals surface area contributed by atoms with Crippen molar-refractivity contribution in [1.29, 1.82) is 0 Å². The van der Waals surface area contributed by atoms with Crippen molar-refractivity contribution < 1.29 is 0 Å². The van der Waals surface area contributed by atoms with Gasteiger partial charge in [-0.05, 0) is 52.2 Å². The molecule has 21 heavy (non-hydrogen) atoms. The fourth-order valence-corrected chi connectivity index (χ4v) is 2.82. The van der Waals surface area contributed by atoms with E-state index in [-0.39, 0.29) is 0 Å². The lowest BCUT2D eigenvalue weighted by atomic mass is 9.97. The van der Waals surface area contributed by atoms with Gasteiger partial charge in [-0.2, -0.15) is 0 Å². The van der Waals surface area contributed by atoms with Crippen LogP contribution < -0.4 is 10.6 Å². The number of rotatable bonds is 6. The molecule has 0 aromatic carbocycles. The number of piperidine rings is 1.